The van der Waals surface area contributed by atoms with E-state index in [2.05, 4.69) is 35.9 Å². The first kappa shape index (κ1) is 21.8. The van der Waals surface area contributed by atoms with Crippen molar-refractivity contribution in [3.05, 3.63) is 60.2 Å². The molecule has 0 unspecified atom stereocenters. The zero-order valence-corrected chi connectivity index (χ0v) is 19.7. The number of amides is 1. The van der Waals surface area contributed by atoms with Crippen LogP contribution in [0, 0.1) is 10.8 Å². The van der Waals surface area contributed by atoms with Crippen molar-refractivity contribution < 1.29 is 9.90 Å². The van der Waals surface area contributed by atoms with Crippen LogP contribution >= 0.6 is 0 Å². The number of aromatic hydroxyl groups is 1. The zero-order chi connectivity index (χ0) is 23.2. The molecule has 1 saturated carbocycles. The molecule has 6 heteroatoms. The number of nitrogens with zero attached hydrogens (tertiary/aromatic N) is 4. The summed E-state index contributed by atoms with van der Waals surface area (Å²) < 4.78 is 1.92. The van der Waals surface area contributed by atoms with Crippen LogP contribution in [0.1, 0.15) is 45.6 Å². The van der Waals surface area contributed by atoms with E-state index in [-0.39, 0.29) is 18.2 Å². The Hall–Kier alpha value is -2.99. The number of fused-ring (bicyclic) bond motifs is 3. The van der Waals surface area contributed by atoms with Gasteiger partial charge < -0.3 is 5.11 Å². The van der Waals surface area contributed by atoms with Gasteiger partial charge in [-0.2, -0.15) is 0 Å². The van der Waals surface area contributed by atoms with E-state index < -0.39 is 0 Å². The van der Waals surface area contributed by atoms with E-state index in [1.165, 1.54) is 19.3 Å². The molecule has 5 rings (SSSR count). The second-order valence-corrected chi connectivity index (χ2v) is 11.0. The van der Waals surface area contributed by atoms with E-state index in [4.69, 9.17) is 0 Å². The number of rotatable bonds is 5. The van der Waals surface area contributed by atoms with E-state index >= 15 is 0 Å². The predicted molar refractivity (Wildman–Crippen MR) is 130 cm³/mol. The van der Waals surface area contributed by atoms with Crippen molar-refractivity contribution in [3.63, 3.8) is 0 Å². The molecule has 2 atom stereocenters. The number of aromatic nitrogens is 1. The van der Waals surface area contributed by atoms with Gasteiger partial charge in [0.05, 0.1) is 18.6 Å². The molecule has 2 aliphatic rings. The average molecular weight is 445 g/mol. The number of benzene rings is 2. The van der Waals surface area contributed by atoms with Crippen LogP contribution in [0.2, 0.25) is 0 Å². The third-order valence-corrected chi connectivity index (χ3v) is 7.22. The second-order valence-electron chi connectivity index (χ2n) is 11.0. The van der Waals surface area contributed by atoms with Crippen molar-refractivity contribution in [1.82, 2.24) is 9.47 Å². The normalized spacial score (nSPS) is 24.6. The van der Waals surface area contributed by atoms with Crippen LogP contribution in [0.3, 0.4) is 0 Å². The minimum absolute atomic E-state index is 0.0679. The van der Waals surface area contributed by atoms with Crippen LogP contribution in [0.5, 0.6) is 5.88 Å². The van der Waals surface area contributed by atoms with E-state index in [9.17, 15) is 9.90 Å². The maximum atomic E-state index is 12.4. The number of carbonyl (C=O) groups excluding carboxylic acids is 1. The van der Waals surface area contributed by atoms with E-state index in [0.717, 1.165) is 23.0 Å². The van der Waals surface area contributed by atoms with Gasteiger partial charge in [-0.1, -0.05) is 69.3 Å². The molecule has 2 heterocycles. The summed E-state index contributed by atoms with van der Waals surface area (Å²) in [5.41, 5.74) is 2.82. The fraction of sp³-hybridized carbons (Fsp3) is 0.444. The molecular weight excluding hydrogens is 412 g/mol. The van der Waals surface area contributed by atoms with Crippen LogP contribution in [0.25, 0.3) is 10.9 Å². The van der Waals surface area contributed by atoms with E-state index in [1.807, 2.05) is 59.2 Å². The highest BCUT2D eigenvalue weighted by molar-refractivity contribution is 5.95. The maximum Gasteiger partial charge on any atom is 0.269 e. The first-order valence-electron chi connectivity index (χ1n) is 11.8. The van der Waals surface area contributed by atoms with Crippen molar-refractivity contribution in [3.8, 4) is 5.88 Å². The minimum atomic E-state index is -0.332. The number of carbonyl (C=O) groups is 1. The van der Waals surface area contributed by atoms with Gasteiger partial charge in [0.25, 0.3) is 5.91 Å². The van der Waals surface area contributed by atoms with Gasteiger partial charge in [0, 0.05) is 18.0 Å². The molecule has 0 spiro atoms. The third-order valence-electron chi connectivity index (χ3n) is 7.22. The van der Waals surface area contributed by atoms with Crippen molar-refractivity contribution in [2.75, 3.05) is 6.54 Å². The molecule has 2 bridgehead atoms. The zero-order valence-electron chi connectivity index (χ0n) is 19.7. The Morgan fingerprint density at radius 3 is 2.58 bits per heavy atom. The van der Waals surface area contributed by atoms with E-state index in [0.29, 0.717) is 29.2 Å². The second kappa shape index (κ2) is 8.10. The monoisotopic (exact) mass is 444 g/mol. The Balaban J connectivity index is 1.42. The van der Waals surface area contributed by atoms with Gasteiger partial charge in [0.2, 0.25) is 5.88 Å². The van der Waals surface area contributed by atoms with Crippen molar-refractivity contribution in [2.24, 2.45) is 21.1 Å². The van der Waals surface area contributed by atoms with Gasteiger partial charge in [-0.25, -0.2) is 0 Å². The quantitative estimate of drug-likeness (QED) is 0.486. The topological polar surface area (TPSA) is 70.2 Å². The highest BCUT2D eigenvalue weighted by atomic mass is 16.3. The Morgan fingerprint density at radius 2 is 1.79 bits per heavy atom. The molecule has 6 nitrogen and oxygen atoms in total. The first-order chi connectivity index (χ1) is 15.7. The number of hydrogen-bond donors (Lipinski definition) is 1. The number of para-hydroxylation sites is 1. The molecule has 1 aliphatic carbocycles. The van der Waals surface area contributed by atoms with Crippen molar-refractivity contribution in [2.45, 2.75) is 59.2 Å². The van der Waals surface area contributed by atoms with Gasteiger partial charge in [-0.3, -0.25) is 14.3 Å². The Morgan fingerprint density at radius 1 is 1.06 bits per heavy atom. The maximum absolute atomic E-state index is 12.4. The summed E-state index contributed by atoms with van der Waals surface area (Å²) in [6.45, 7) is 8.77. The molecule has 1 aliphatic heterocycles. The molecule has 1 N–H and O–H groups in total. The van der Waals surface area contributed by atoms with Crippen LogP contribution in [0.15, 0.2) is 64.8 Å². The Bertz CT molecular complexity index is 1210. The number of hydrogen-bond acceptors (Lipinski definition) is 4. The molecule has 2 aromatic carbocycles. The van der Waals surface area contributed by atoms with Crippen LogP contribution in [0.4, 0.5) is 5.69 Å². The van der Waals surface area contributed by atoms with E-state index in [1.54, 1.807) is 0 Å². The lowest BCUT2D eigenvalue weighted by molar-refractivity contribution is -0.117. The van der Waals surface area contributed by atoms with Gasteiger partial charge >= 0.3 is 0 Å². The Labute approximate surface area is 194 Å². The largest absolute Gasteiger partial charge is 0.493 e. The lowest BCUT2D eigenvalue weighted by Gasteiger charge is -2.40. The first-order valence-corrected chi connectivity index (χ1v) is 11.8. The summed E-state index contributed by atoms with van der Waals surface area (Å²) in [4.78, 5) is 14.9. The molecule has 33 heavy (non-hydrogen) atoms. The SMILES string of the molecule is CC1(C)C[C@@H]2C[C@](C)(CN2Cn2c(O)c(N=NC(=O)Cc3ccccc3)c3ccccc32)C1. The van der Waals surface area contributed by atoms with Gasteiger partial charge in [-0.15, -0.1) is 10.2 Å². The van der Waals surface area contributed by atoms with Crippen molar-refractivity contribution in [1.29, 1.82) is 0 Å². The molecule has 1 amide bonds. The Kier molecular flexibility index (Phi) is 5.36. The summed E-state index contributed by atoms with van der Waals surface area (Å²) >= 11 is 0. The predicted octanol–water partition coefficient (Wildman–Crippen LogP) is 6.06. The number of likely N-dealkylation sites (tertiary alicyclic amines) is 1. The summed E-state index contributed by atoms with van der Waals surface area (Å²) in [6.07, 6.45) is 3.79. The lowest BCUT2D eigenvalue weighted by Crippen LogP contribution is -2.35. The lowest BCUT2D eigenvalue weighted by atomic mass is 9.65. The highest BCUT2D eigenvalue weighted by Gasteiger charge is 2.49. The summed E-state index contributed by atoms with van der Waals surface area (Å²) in [6, 6.07) is 17.8. The molecule has 172 valence electrons. The van der Waals surface area contributed by atoms with Crippen LogP contribution < -0.4 is 0 Å². The average Bonchev–Trinajstić information content (AvgIpc) is 3.16. The number of azo groups is 1. The highest BCUT2D eigenvalue weighted by Crippen LogP contribution is 2.53. The molecule has 1 saturated heterocycles. The fourth-order valence-corrected chi connectivity index (χ4v) is 6.35. The molecule has 2 fully saturated rings. The van der Waals surface area contributed by atoms with Gasteiger partial charge in [0.15, 0.2) is 5.69 Å². The fourth-order valence-electron chi connectivity index (χ4n) is 6.35. The summed E-state index contributed by atoms with van der Waals surface area (Å²) in [5, 5.41) is 20.1. The third kappa shape index (κ3) is 4.32. The van der Waals surface area contributed by atoms with Gasteiger partial charge in [0.1, 0.15) is 0 Å². The summed E-state index contributed by atoms with van der Waals surface area (Å²) in [7, 11) is 0. The minimum Gasteiger partial charge on any atom is -0.493 e. The van der Waals surface area contributed by atoms with Crippen molar-refractivity contribution >= 4 is 22.5 Å². The van der Waals surface area contributed by atoms with Gasteiger partial charge in [-0.05, 0) is 41.7 Å². The molecular formula is C27H32N4O2. The molecule has 3 aromatic rings. The molecule has 0 radical (unpaired) electrons. The van der Waals surface area contributed by atoms with Crippen LogP contribution in [-0.2, 0) is 17.9 Å². The van der Waals surface area contributed by atoms with Crippen LogP contribution in [-0.4, -0.2) is 33.1 Å². The standard InChI is InChI=1S/C27H32N4O2/c1-26(2)14-20-15-27(3,16-26)17-30(20)18-31-22-12-8-7-11-21(22)24(25(31)33)29-28-23(32)13-19-9-5-4-6-10-19/h4-12,20,33H,13-18H2,1-3H3/t20-,27+/m1/s1. The smallest absolute Gasteiger partial charge is 0.269 e. The molecule has 1 aromatic heterocycles. The summed E-state index contributed by atoms with van der Waals surface area (Å²) in [5.74, 6) is -0.265.